The summed E-state index contributed by atoms with van der Waals surface area (Å²) in [5.41, 5.74) is 0.942. The van der Waals surface area contributed by atoms with Crippen molar-refractivity contribution in [2.24, 2.45) is 0 Å². The van der Waals surface area contributed by atoms with Crippen molar-refractivity contribution >= 4 is 11.8 Å². The van der Waals surface area contributed by atoms with Crippen molar-refractivity contribution in [1.82, 2.24) is 25.3 Å². The van der Waals surface area contributed by atoms with Crippen LogP contribution in [0, 0.1) is 0 Å². The smallest absolute Gasteiger partial charge is 0.273 e. The summed E-state index contributed by atoms with van der Waals surface area (Å²) in [4.78, 5) is 32.8. The average molecular weight is 385 g/mol. The molecular weight excluding hydrogens is 362 g/mol. The number of hydrogen-bond acceptors (Lipinski definition) is 7. The number of ether oxygens (including phenoxy) is 1. The molecule has 28 heavy (non-hydrogen) atoms. The Kier molecular flexibility index (Phi) is 5.63. The number of carbonyl (C=O) groups is 2. The fourth-order valence-electron chi connectivity index (χ4n) is 3.46. The first-order valence-corrected chi connectivity index (χ1v) is 9.45. The molecule has 0 radical (unpaired) electrons. The molecule has 148 valence electrons. The van der Waals surface area contributed by atoms with E-state index in [9.17, 15) is 9.59 Å². The number of hydrogen-bond donors (Lipinski definition) is 1. The van der Waals surface area contributed by atoms with Crippen molar-refractivity contribution in [2.75, 3.05) is 45.9 Å². The summed E-state index contributed by atoms with van der Waals surface area (Å²) in [6.45, 7) is 5.29. The number of nitrogens with one attached hydrogen (secondary N) is 1. The Morgan fingerprint density at radius 3 is 2.93 bits per heavy atom. The minimum absolute atomic E-state index is 0.0646. The molecule has 2 aromatic heterocycles. The van der Waals surface area contributed by atoms with Crippen LogP contribution in [0.25, 0.3) is 11.3 Å². The van der Waals surface area contributed by atoms with Crippen LogP contribution in [0.2, 0.25) is 0 Å². The van der Waals surface area contributed by atoms with Crippen molar-refractivity contribution < 1.29 is 18.8 Å². The Labute approximate surface area is 162 Å². The fourth-order valence-corrected chi connectivity index (χ4v) is 3.46. The summed E-state index contributed by atoms with van der Waals surface area (Å²) in [6, 6.07) is 4.98. The summed E-state index contributed by atoms with van der Waals surface area (Å²) >= 11 is 0. The zero-order valence-corrected chi connectivity index (χ0v) is 15.5. The van der Waals surface area contributed by atoms with Crippen LogP contribution >= 0.6 is 0 Å². The Morgan fingerprint density at radius 2 is 2.14 bits per heavy atom. The van der Waals surface area contributed by atoms with Gasteiger partial charge in [0.1, 0.15) is 0 Å². The first-order valence-electron chi connectivity index (χ1n) is 9.45. The Bertz CT molecular complexity index is 819. The maximum Gasteiger partial charge on any atom is 0.273 e. The number of amides is 2. The third kappa shape index (κ3) is 4.37. The van der Waals surface area contributed by atoms with Gasteiger partial charge in [0.25, 0.3) is 5.91 Å². The largest absolute Gasteiger partial charge is 0.379 e. The fraction of sp³-hybridized carbons (Fsp3) is 0.474. The normalized spacial score (nSPS) is 20.5. The van der Waals surface area contributed by atoms with E-state index >= 15 is 0 Å². The number of carbonyl (C=O) groups excluding carboxylic acids is 2. The van der Waals surface area contributed by atoms with Gasteiger partial charge < -0.3 is 19.5 Å². The number of aromatic nitrogens is 2. The summed E-state index contributed by atoms with van der Waals surface area (Å²) in [5.74, 6) is 0.203. The zero-order chi connectivity index (χ0) is 19.3. The molecular formula is C19H23N5O4. The number of rotatable bonds is 6. The Morgan fingerprint density at radius 1 is 1.29 bits per heavy atom. The Balaban J connectivity index is 1.29. The topological polar surface area (TPSA) is 101 Å². The van der Waals surface area contributed by atoms with Crippen LogP contribution in [0.1, 0.15) is 16.9 Å². The van der Waals surface area contributed by atoms with Gasteiger partial charge in [-0.3, -0.25) is 19.5 Å². The molecule has 0 saturated carbocycles. The number of likely N-dealkylation sites (tertiary alicyclic amines) is 1. The van der Waals surface area contributed by atoms with E-state index in [2.05, 4.69) is 20.4 Å². The molecule has 9 nitrogen and oxygen atoms in total. The predicted molar refractivity (Wildman–Crippen MR) is 99.4 cm³/mol. The highest BCUT2D eigenvalue weighted by Gasteiger charge is 2.31. The van der Waals surface area contributed by atoms with Crippen LogP contribution in [0.3, 0.4) is 0 Å². The van der Waals surface area contributed by atoms with Gasteiger partial charge in [0, 0.05) is 63.2 Å². The summed E-state index contributed by atoms with van der Waals surface area (Å²) in [5, 5.41) is 6.72. The molecule has 2 amide bonds. The van der Waals surface area contributed by atoms with E-state index in [0.717, 1.165) is 38.4 Å². The average Bonchev–Trinajstić information content (AvgIpc) is 3.35. The van der Waals surface area contributed by atoms with Crippen LogP contribution in [-0.2, 0) is 9.53 Å². The van der Waals surface area contributed by atoms with E-state index in [1.807, 2.05) is 11.0 Å². The molecule has 4 rings (SSSR count). The van der Waals surface area contributed by atoms with Crippen LogP contribution < -0.4 is 5.32 Å². The molecule has 9 heteroatoms. The van der Waals surface area contributed by atoms with Gasteiger partial charge in [-0.25, -0.2) is 0 Å². The maximum absolute atomic E-state index is 12.5. The van der Waals surface area contributed by atoms with Gasteiger partial charge in [-0.05, 0) is 12.1 Å². The van der Waals surface area contributed by atoms with E-state index in [4.69, 9.17) is 9.26 Å². The SMILES string of the molecule is O=C(NC1CC(=O)N(CCN2CCOCC2)C1)c1cc(-c2cccnc2)on1. The van der Waals surface area contributed by atoms with Gasteiger partial charge in [0.2, 0.25) is 5.91 Å². The van der Waals surface area contributed by atoms with Gasteiger partial charge in [-0.1, -0.05) is 5.16 Å². The lowest BCUT2D eigenvalue weighted by atomic mass is 10.2. The van der Waals surface area contributed by atoms with E-state index in [1.165, 1.54) is 0 Å². The lowest BCUT2D eigenvalue weighted by molar-refractivity contribution is -0.128. The molecule has 1 N–H and O–H groups in total. The molecule has 2 fully saturated rings. The van der Waals surface area contributed by atoms with Gasteiger partial charge in [0.15, 0.2) is 11.5 Å². The second-order valence-corrected chi connectivity index (χ2v) is 6.99. The molecule has 0 spiro atoms. The zero-order valence-electron chi connectivity index (χ0n) is 15.5. The first kappa shape index (κ1) is 18.6. The van der Waals surface area contributed by atoms with Crippen LogP contribution in [0.5, 0.6) is 0 Å². The molecule has 2 aliphatic heterocycles. The maximum atomic E-state index is 12.5. The van der Waals surface area contributed by atoms with E-state index in [0.29, 0.717) is 25.3 Å². The molecule has 1 unspecified atom stereocenters. The molecule has 2 aliphatic rings. The van der Waals surface area contributed by atoms with Crippen LogP contribution in [0.15, 0.2) is 35.1 Å². The minimum Gasteiger partial charge on any atom is -0.379 e. The summed E-state index contributed by atoms with van der Waals surface area (Å²) < 4.78 is 10.6. The Hall–Kier alpha value is -2.78. The van der Waals surface area contributed by atoms with Crippen molar-refractivity contribution in [1.29, 1.82) is 0 Å². The highest BCUT2D eigenvalue weighted by Crippen LogP contribution is 2.19. The first-order chi connectivity index (χ1) is 13.7. The molecule has 2 aromatic rings. The predicted octanol–water partition coefficient (Wildman–Crippen LogP) is 0.400. The molecule has 0 bridgehead atoms. The highest BCUT2D eigenvalue weighted by molar-refractivity contribution is 5.94. The monoisotopic (exact) mass is 385 g/mol. The summed E-state index contributed by atoms with van der Waals surface area (Å²) in [7, 11) is 0. The third-order valence-corrected chi connectivity index (χ3v) is 5.03. The van der Waals surface area contributed by atoms with Crippen molar-refractivity contribution in [3.63, 3.8) is 0 Å². The van der Waals surface area contributed by atoms with E-state index in [-0.39, 0.29) is 23.6 Å². The van der Waals surface area contributed by atoms with E-state index in [1.54, 1.807) is 24.5 Å². The van der Waals surface area contributed by atoms with Gasteiger partial charge >= 0.3 is 0 Å². The van der Waals surface area contributed by atoms with Gasteiger partial charge in [-0.2, -0.15) is 0 Å². The van der Waals surface area contributed by atoms with Crippen LogP contribution in [0.4, 0.5) is 0 Å². The number of morpholine rings is 1. The minimum atomic E-state index is -0.341. The lowest BCUT2D eigenvalue weighted by Gasteiger charge is -2.28. The summed E-state index contributed by atoms with van der Waals surface area (Å²) in [6.07, 6.45) is 3.61. The van der Waals surface area contributed by atoms with Gasteiger partial charge in [0.05, 0.1) is 19.3 Å². The van der Waals surface area contributed by atoms with Crippen LogP contribution in [-0.4, -0.2) is 83.7 Å². The van der Waals surface area contributed by atoms with Crippen molar-refractivity contribution in [3.8, 4) is 11.3 Å². The van der Waals surface area contributed by atoms with Crippen molar-refractivity contribution in [2.45, 2.75) is 12.5 Å². The quantitative estimate of drug-likeness (QED) is 0.768. The number of nitrogens with zero attached hydrogens (tertiary/aromatic N) is 4. The third-order valence-electron chi connectivity index (χ3n) is 5.03. The molecule has 0 aromatic carbocycles. The number of pyridine rings is 1. The van der Waals surface area contributed by atoms with E-state index < -0.39 is 0 Å². The second-order valence-electron chi connectivity index (χ2n) is 6.99. The lowest BCUT2D eigenvalue weighted by Crippen LogP contribution is -2.42. The van der Waals surface area contributed by atoms with Crippen molar-refractivity contribution in [3.05, 3.63) is 36.3 Å². The molecule has 2 saturated heterocycles. The van der Waals surface area contributed by atoms with Gasteiger partial charge in [-0.15, -0.1) is 0 Å². The molecule has 1 atom stereocenters. The molecule has 0 aliphatic carbocycles. The molecule has 4 heterocycles. The highest BCUT2D eigenvalue weighted by atomic mass is 16.5. The second kappa shape index (κ2) is 8.49. The standard InChI is InChI=1S/C19H23N5O4/c25-18-10-15(13-24(18)5-4-23-6-8-27-9-7-23)21-19(26)16-11-17(28-22-16)14-2-1-3-20-12-14/h1-3,11-12,15H,4-10,13H2,(H,21,26).